The molecule has 1 amide bonds. The van der Waals surface area contributed by atoms with Gasteiger partial charge in [-0.1, -0.05) is 23.7 Å². The van der Waals surface area contributed by atoms with Crippen LogP contribution in [0.5, 0.6) is 0 Å². The Kier molecular flexibility index (Phi) is 5.32. The van der Waals surface area contributed by atoms with Crippen LogP contribution in [0.4, 0.5) is 0 Å². The number of carbonyl (C=O) groups is 1. The van der Waals surface area contributed by atoms with Gasteiger partial charge in [-0.05, 0) is 42.0 Å². The molecular weight excluding hydrogens is 374 g/mol. The highest BCUT2D eigenvalue weighted by Crippen LogP contribution is 2.15. The van der Waals surface area contributed by atoms with Gasteiger partial charge in [0.25, 0.3) is 15.9 Å². The Morgan fingerprint density at radius 1 is 1.04 bits per heavy atom. The predicted octanol–water partition coefficient (Wildman–Crippen LogP) is 2.00. The monoisotopic (exact) mass is 387 g/mol. The SMILES string of the molecule is CS(=O)(=O)Cc1cccc(C(=O)NS(=O)(=O)c2ccc(Cl)cc2)c1. The lowest BCUT2D eigenvalue weighted by Gasteiger charge is -2.08. The zero-order valence-corrected chi connectivity index (χ0v) is 15.0. The number of hydrogen-bond acceptors (Lipinski definition) is 5. The number of rotatable bonds is 5. The van der Waals surface area contributed by atoms with Gasteiger partial charge in [-0.15, -0.1) is 0 Å². The molecule has 9 heteroatoms. The van der Waals surface area contributed by atoms with E-state index in [1.54, 1.807) is 6.07 Å². The molecule has 0 radical (unpaired) electrons. The standard InChI is InChI=1S/C15H14ClNO5S2/c1-23(19,20)10-11-3-2-4-12(9-11)15(18)17-24(21,22)14-7-5-13(16)6-8-14/h2-9H,10H2,1H3,(H,17,18). The lowest BCUT2D eigenvalue weighted by atomic mass is 10.1. The molecule has 0 fully saturated rings. The minimum atomic E-state index is -4.05. The predicted molar refractivity (Wildman–Crippen MR) is 91.1 cm³/mol. The normalized spacial score (nSPS) is 11.9. The van der Waals surface area contributed by atoms with Gasteiger partial charge in [0, 0.05) is 16.8 Å². The van der Waals surface area contributed by atoms with Gasteiger partial charge < -0.3 is 0 Å². The Bertz CT molecular complexity index is 967. The molecule has 0 aliphatic heterocycles. The highest BCUT2D eigenvalue weighted by Gasteiger charge is 2.19. The van der Waals surface area contributed by atoms with Crippen molar-refractivity contribution in [2.75, 3.05) is 6.26 Å². The molecule has 0 atom stereocenters. The van der Waals surface area contributed by atoms with Crippen molar-refractivity contribution in [1.29, 1.82) is 0 Å². The minimum Gasteiger partial charge on any atom is -0.268 e. The van der Waals surface area contributed by atoms with Crippen molar-refractivity contribution < 1.29 is 21.6 Å². The van der Waals surface area contributed by atoms with Crippen LogP contribution in [0.15, 0.2) is 53.4 Å². The molecule has 0 unspecified atom stereocenters. The van der Waals surface area contributed by atoms with E-state index in [0.29, 0.717) is 10.6 Å². The maximum atomic E-state index is 12.2. The van der Waals surface area contributed by atoms with Crippen molar-refractivity contribution in [2.45, 2.75) is 10.6 Å². The lowest BCUT2D eigenvalue weighted by Crippen LogP contribution is -2.30. The number of sulfone groups is 1. The molecule has 0 aromatic heterocycles. The van der Waals surface area contributed by atoms with Crippen LogP contribution in [0.2, 0.25) is 5.02 Å². The molecule has 0 aliphatic rings. The Balaban J connectivity index is 2.23. The third kappa shape index (κ3) is 5.05. The Morgan fingerprint density at radius 2 is 1.67 bits per heavy atom. The quantitative estimate of drug-likeness (QED) is 0.846. The molecule has 6 nitrogen and oxygen atoms in total. The largest absolute Gasteiger partial charge is 0.268 e. The van der Waals surface area contributed by atoms with Gasteiger partial charge in [-0.25, -0.2) is 21.6 Å². The molecule has 0 saturated carbocycles. The number of nitrogens with one attached hydrogen (secondary N) is 1. The molecule has 0 heterocycles. The minimum absolute atomic E-state index is 0.0497. The Morgan fingerprint density at radius 3 is 2.25 bits per heavy atom. The van der Waals surface area contributed by atoms with Crippen LogP contribution in [0, 0.1) is 0 Å². The van der Waals surface area contributed by atoms with Gasteiger partial charge in [0.1, 0.15) is 0 Å². The van der Waals surface area contributed by atoms with Gasteiger partial charge in [-0.2, -0.15) is 0 Å². The molecule has 0 saturated heterocycles. The molecule has 0 aliphatic carbocycles. The fourth-order valence-electron chi connectivity index (χ4n) is 1.96. The number of hydrogen-bond donors (Lipinski definition) is 1. The summed E-state index contributed by atoms with van der Waals surface area (Å²) in [7, 11) is -7.31. The van der Waals surface area contributed by atoms with E-state index in [9.17, 15) is 21.6 Å². The van der Waals surface area contributed by atoms with Crippen LogP contribution >= 0.6 is 11.6 Å². The number of halogens is 1. The summed E-state index contributed by atoms with van der Waals surface area (Å²) in [5.74, 6) is -1.08. The second-order valence-electron chi connectivity index (χ2n) is 5.16. The first-order valence-electron chi connectivity index (χ1n) is 6.66. The van der Waals surface area contributed by atoms with E-state index < -0.39 is 25.8 Å². The highest BCUT2D eigenvalue weighted by atomic mass is 35.5. The molecule has 2 aromatic rings. The molecule has 2 aromatic carbocycles. The first-order chi connectivity index (χ1) is 11.1. The summed E-state index contributed by atoms with van der Waals surface area (Å²) >= 11 is 5.70. The Hall–Kier alpha value is -1.90. The number of amides is 1. The summed E-state index contributed by atoms with van der Waals surface area (Å²) in [6, 6.07) is 11.1. The highest BCUT2D eigenvalue weighted by molar-refractivity contribution is 7.90. The van der Waals surface area contributed by atoms with E-state index in [-0.39, 0.29) is 16.2 Å². The Labute approximate surface area is 145 Å². The maximum absolute atomic E-state index is 12.2. The van der Waals surface area contributed by atoms with Gasteiger partial charge in [0.2, 0.25) is 0 Å². The summed E-state index contributed by atoms with van der Waals surface area (Å²) in [6.07, 6.45) is 1.07. The molecule has 24 heavy (non-hydrogen) atoms. The van der Waals surface area contributed by atoms with Crippen LogP contribution < -0.4 is 4.72 Å². The van der Waals surface area contributed by atoms with Crippen molar-refractivity contribution in [2.24, 2.45) is 0 Å². The third-order valence-electron chi connectivity index (χ3n) is 2.97. The van der Waals surface area contributed by atoms with Gasteiger partial charge in [-0.3, -0.25) is 4.79 Å². The van der Waals surface area contributed by atoms with E-state index >= 15 is 0 Å². The zero-order valence-electron chi connectivity index (χ0n) is 12.6. The zero-order chi connectivity index (χ0) is 18.0. The van der Waals surface area contributed by atoms with Crippen LogP contribution in [-0.4, -0.2) is 29.0 Å². The summed E-state index contributed by atoms with van der Waals surface area (Å²) in [6.45, 7) is 0. The van der Waals surface area contributed by atoms with Crippen molar-refractivity contribution in [3.05, 3.63) is 64.7 Å². The number of benzene rings is 2. The van der Waals surface area contributed by atoms with Gasteiger partial charge in [0.05, 0.1) is 10.6 Å². The fraction of sp³-hybridized carbons (Fsp3) is 0.133. The van der Waals surface area contributed by atoms with E-state index in [4.69, 9.17) is 11.6 Å². The fourth-order valence-corrected chi connectivity index (χ4v) is 3.84. The average molecular weight is 388 g/mol. The smallest absolute Gasteiger partial charge is 0.265 e. The van der Waals surface area contributed by atoms with Crippen LogP contribution in [0.3, 0.4) is 0 Å². The van der Waals surface area contributed by atoms with Crippen LogP contribution in [0.25, 0.3) is 0 Å². The average Bonchev–Trinajstić information content (AvgIpc) is 2.45. The summed E-state index contributed by atoms with van der Waals surface area (Å²) in [4.78, 5) is 12.0. The second-order valence-corrected chi connectivity index (χ2v) is 9.42. The van der Waals surface area contributed by atoms with E-state index in [1.807, 2.05) is 4.72 Å². The van der Waals surface area contributed by atoms with Gasteiger partial charge >= 0.3 is 0 Å². The van der Waals surface area contributed by atoms with Crippen LogP contribution in [0.1, 0.15) is 15.9 Å². The van der Waals surface area contributed by atoms with Crippen molar-refractivity contribution in [3.8, 4) is 0 Å². The van der Waals surface area contributed by atoms with Crippen molar-refractivity contribution in [1.82, 2.24) is 4.72 Å². The first kappa shape index (κ1) is 18.4. The summed E-state index contributed by atoms with van der Waals surface area (Å²) in [5, 5.41) is 0.369. The van der Waals surface area contributed by atoms with Gasteiger partial charge in [0.15, 0.2) is 9.84 Å². The maximum Gasteiger partial charge on any atom is 0.265 e. The van der Waals surface area contributed by atoms with Crippen molar-refractivity contribution in [3.63, 3.8) is 0 Å². The molecule has 1 N–H and O–H groups in total. The van der Waals surface area contributed by atoms with E-state index in [1.165, 1.54) is 42.5 Å². The molecule has 2 rings (SSSR count). The van der Waals surface area contributed by atoms with E-state index in [2.05, 4.69) is 0 Å². The molecule has 0 spiro atoms. The summed E-state index contributed by atoms with van der Waals surface area (Å²) in [5.41, 5.74) is 0.447. The first-order valence-corrected chi connectivity index (χ1v) is 10.6. The van der Waals surface area contributed by atoms with Crippen molar-refractivity contribution >= 4 is 37.4 Å². The molecular formula is C15H14ClNO5S2. The topological polar surface area (TPSA) is 97.4 Å². The lowest BCUT2D eigenvalue weighted by molar-refractivity contribution is 0.0981. The molecule has 0 bridgehead atoms. The molecule has 128 valence electrons. The summed E-state index contributed by atoms with van der Waals surface area (Å²) < 4.78 is 48.9. The third-order valence-corrected chi connectivity index (χ3v) is 5.43. The number of carbonyl (C=O) groups excluding carboxylic acids is 1. The van der Waals surface area contributed by atoms with E-state index in [0.717, 1.165) is 6.26 Å². The number of sulfonamides is 1. The second kappa shape index (κ2) is 6.92. The van der Waals surface area contributed by atoms with Crippen LogP contribution in [-0.2, 0) is 25.6 Å².